The summed E-state index contributed by atoms with van der Waals surface area (Å²) in [5, 5.41) is 6.14. The molecule has 2 N–H and O–H groups in total. The highest BCUT2D eigenvalue weighted by molar-refractivity contribution is 6.33. The third-order valence-electron chi connectivity index (χ3n) is 3.85. The molecule has 0 aromatic heterocycles. The molecule has 0 heterocycles. The van der Waals surface area contributed by atoms with Gasteiger partial charge in [-0.05, 0) is 43.4 Å². The van der Waals surface area contributed by atoms with Gasteiger partial charge in [-0.1, -0.05) is 39.3 Å². The molecule has 1 aromatic carbocycles. The molecule has 0 aliphatic carbocycles. The number of hydrogen-bond donors (Lipinski definition) is 2. The van der Waals surface area contributed by atoms with Gasteiger partial charge in [-0.3, -0.25) is 9.59 Å². The summed E-state index contributed by atoms with van der Waals surface area (Å²) in [7, 11) is 0. The second-order valence-corrected chi connectivity index (χ2v) is 6.54. The van der Waals surface area contributed by atoms with E-state index in [2.05, 4.69) is 24.5 Å². The maximum atomic E-state index is 12.2. The fraction of sp³-hybridized carbons (Fsp3) is 0.556. The summed E-state index contributed by atoms with van der Waals surface area (Å²) in [6, 6.07) is 4.94. The van der Waals surface area contributed by atoms with Crippen molar-refractivity contribution in [3.63, 3.8) is 0 Å². The van der Waals surface area contributed by atoms with Crippen LogP contribution in [0.15, 0.2) is 18.2 Å². The monoisotopic (exact) mass is 338 g/mol. The molecule has 23 heavy (non-hydrogen) atoms. The van der Waals surface area contributed by atoms with Crippen LogP contribution < -0.4 is 10.6 Å². The normalized spacial score (nSPS) is 10.9. The Bertz CT molecular complexity index is 540. The van der Waals surface area contributed by atoms with Crippen LogP contribution in [0.3, 0.4) is 0 Å². The molecule has 0 radical (unpaired) electrons. The van der Waals surface area contributed by atoms with Crippen LogP contribution >= 0.6 is 11.6 Å². The number of carbonyl (C=O) groups is 2. The van der Waals surface area contributed by atoms with Crippen molar-refractivity contribution in [2.24, 2.45) is 11.8 Å². The van der Waals surface area contributed by atoms with Crippen molar-refractivity contribution in [2.45, 2.75) is 47.0 Å². The summed E-state index contributed by atoms with van der Waals surface area (Å²) in [5.74, 6) is 0.277. The molecule has 128 valence electrons. The molecular formula is C18H27ClN2O2. The molecule has 1 aromatic rings. The first-order valence-electron chi connectivity index (χ1n) is 8.27. The fourth-order valence-corrected chi connectivity index (χ4v) is 2.40. The largest absolute Gasteiger partial charge is 0.352 e. The lowest BCUT2D eigenvalue weighted by atomic mass is 10.0. The van der Waals surface area contributed by atoms with Crippen LogP contribution in [0.4, 0.5) is 5.69 Å². The van der Waals surface area contributed by atoms with E-state index in [0.717, 1.165) is 19.3 Å². The number of rotatable bonds is 8. The van der Waals surface area contributed by atoms with E-state index in [0.29, 0.717) is 28.7 Å². The maximum absolute atomic E-state index is 12.2. The van der Waals surface area contributed by atoms with Crippen molar-refractivity contribution < 1.29 is 9.59 Å². The summed E-state index contributed by atoms with van der Waals surface area (Å²) in [5.41, 5.74) is 0.984. The van der Waals surface area contributed by atoms with Gasteiger partial charge < -0.3 is 10.6 Å². The van der Waals surface area contributed by atoms with Crippen LogP contribution in [-0.2, 0) is 4.79 Å². The van der Waals surface area contributed by atoms with Crippen LogP contribution in [0, 0.1) is 11.8 Å². The van der Waals surface area contributed by atoms with Crippen molar-refractivity contribution in [3.05, 3.63) is 28.8 Å². The quantitative estimate of drug-likeness (QED) is 0.733. The number of anilines is 1. The maximum Gasteiger partial charge on any atom is 0.251 e. The summed E-state index contributed by atoms with van der Waals surface area (Å²) in [4.78, 5) is 24.3. The summed E-state index contributed by atoms with van der Waals surface area (Å²) in [6.07, 6.45) is 2.47. The first-order valence-corrected chi connectivity index (χ1v) is 8.65. The van der Waals surface area contributed by atoms with Gasteiger partial charge in [-0.2, -0.15) is 0 Å². The minimum absolute atomic E-state index is 0.0467. The summed E-state index contributed by atoms with van der Waals surface area (Å²) >= 11 is 6.14. The minimum Gasteiger partial charge on any atom is -0.352 e. The SMILES string of the molecule is CCC(CC)C(=O)Nc1cc(C(=O)NCCC(C)C)ccc1Cl. The van der Waals surface area contributed by atoms with Gasteiger partial charge in [-0.15, -0.1) is 0 Å². The zero-order valence-corrected chi connectivity index (χ0v) is 15.2. The topological polar surface area (TPSA) is 58.2 Å². The van der Waals surface area contributed by atoms with Gasteiger partial charge >= 0.3 is 0 Å². The van der Waals surface area contributed by atoms with Crippen molar-refractivity contribution in [3.8, 4) is 0 Å². The Kier molecular flexibility index (Phi) is 8.10. The average Bonchev–Trinajstić information content (AvgIpc) is 2.50. The van der Waals surface area contributed by atoms with Gasteiger partial charge in [0.1, 0.15) is 0 Å². The average molecular weight is 339 g/mol. The van der Waals surface area contributed by atoms with Gasteiger partial charge in [0.15, 0.2) is 0 Å². The van der Waals surface area contributed by atoms with Crippen molar-refractivity contribution in [2.75, 3.05) is 11.9 Å². The lowest BCUT2D eigenvalue weighted by Gasteiger charge is -2.14. The zero-order chi connectivity index (χ0) is 17.4. The van der Waals surface area contributed by atoms with E-state index in [1.807, 2.05) is 13.8 Å². The smallest absolute Gasteiger partial charge is 0.251 e. The standard InChI is InChI=1S/C18H27ClN2O2/c1-5-13(6-2)18(23)21-16-11-14(7-8-15(16)19)17(22)20-10-9-12(3)4/h7-8,11-13H,5-6,9-10H2,1-4H3,(H,20,22)(H,21,23). The molecule has 0 saturated heterocycles. The van der Waals surface area contributed by atoms with E-state index in [-0.39, 0.29) is 17.7 Å². The van der Waals surface area contributed by atoms with Crippen LogP contribution in [-0.4, -0.2) is 18.4 Å². The van der Waals surface area contributed by atoms with Crippen LogP contribution in [0.25, 0.3) is 0 Å². The Morgan fingerprint density at radius 2 is 1.83 bits per heavy atom. The van der Waals surface area contributed by atoms with E-state index >= 15 is 0 Å². The highest BCUT2D eigenvalue weighted by Crippen LogP contribution is 2.24. The Labute approximate surface area is 144 Å². The van der Waals surface area contributed by atoms with Crippen LogP contribution in [0.1, 0.15) is 57.3 Å². The molecule has 4 nitrogen and oxygen atoms in total. The Hall–Kier alpha value is -1.55. The first kappa shape index (κ1) is 19.5. The van der Waals surface area contributed by atoms with E-state index in [1.54, 1.807) is 18.2 Å². The predicted molar refractivity (Wildman–Crippen MR) is 95.9 cm³/mol. The van der Waals surface area contributed by atoms with E-state index in [4.69, 9.17) is 11.6 Å². The van der Waals surface area contributed by atoms with E-state index < -0.39 is 0 Å². The van der Waals surface area contributed by atoms with Gasteiger partial charge in [-0.25, -0.2) is 0 Å². The number of hydrogen-bond acceptors (Lipinski definition) is 2. The third kappa shape index (κ3) is 6.22. The highest BCUT2D eigenvalue weighted by Gasteiger charge is 2.16. The Morgan fingerprint density at radius 3 is 2.39 bits per heavy atom. The molecule has 1 rings (SSSR count). The number of nitrogens with one attached hydrogen (secondary N) is 2. The van der Waals surface area contributed by atoms with Gasteiger partial charge in [0.05, 0.1) is 10.7 Å². The summed E-state index contributed by atoms with van der Waals surface area (Å²) in [6.45, 7) is 8.82. The van der Waals surface area contributed by atoms with Crippen molar-refractivity contribution >= 4 is 29.1 Å². The number of benzene rings is 1. The predicted octanol–water partition coefficient (Wildman–Crippen LogP) is 4.49. The van der Waals surface area contributed by atoms with Crippen molar-refractivity contribution in [1.29, 1.82) is 0 Å². The molecule has 0 fully saturated rings. The zero-order valence-electron chi connectivity index (χ0n) is 14.4. The number of halogens is 1. The van der Waals surface area contributed by atoms with Gasteiger partial charge in [0.2, 0.25) is 5.91 Å². The number of carbonyl (C=O) groups excluding carboxylic acids is 2. The lowest BCUT2D eigenvalue weighted by Crippen LogP contribution is -2.26. The van der Waals surface area contributed by atoms with E-state index in [9.17, 15) is 9.59 Å². The number of amides is 2. The molecular weight excluding hydrogens is 312 g/mol. The second kappa shape index (κ2) is 9.56. The molecule has 2 amide bonds. The van der Waals surface area contributed by atoms with Gasteiger partial charge in [0.25, 0.3) is 5.91 Å². The molecule has 0 bridgehead atoms. The molecule has 0 aliphatic heterocycles. The van der Waals surface area contributed by atoms with E-state index in [1.165, 1.54) is 0 Å². The van der Waals surface area contributed by atoms with Crippen LogP contribution in [0.5, 0.6) is 0 Å². The second-order valence-electron chi connectivity index (χ2n) is 6.14. The molecule has 0 aliphatic rings. The highest BCUT2D eigenvalue weighted by atomic mass is 35.5. The Morgan fingerprint density at radius 1 is 1.17 bits per heavy atom. The third-order valence-corrected chi connectivity index (χ3v) is 4.18. The van der Waals surface area contributed by atoms with Crippen molar-refractivity contribution in [1.82, 2.24) is 5.32 Å². The molecule has 0 atom stereocenters. The Balaban J connectivity index is 2.78. The molecule has 5 heteroatoms. The first-order chi connectivity index (χ1) is 10.9. The molecule has 0 spiro atoms. The molecule has 0 unspecified atom stereocenters. The molecule has 0 saturated carbocycles. The summed E-state index contributed by atoms with van der Waals surface area (Å²) < 4.78 is 0. The van der Waals surface area contributed by atoms with Crippen LogP contribution in [0.2, 0.25) is 5.02 Å². The fourth-order valence-electron chi connectivity index (χ4n) is 2.23. The van der Waals surface area contributed by atoms with Gasteiger partial charge in [0, 0.05) is 18.0 Å². The minimum atomic E-state index is -0.152. The lowest BCUT2D eigenvalue weighted by molar-refractivity contribution is -0.120.